The fraction of sp³-hybridized carbons (Fsp3) is 0.783. The van der Waals surface area contributed by atoms with E-state index in [1.165, 1.54) is 128 Å². The number of carbonyl (C=O) groups excluding carboxylic acids is 2. The topological polar surface area (TPSA) is 547 Å². The molecule has 4 aromatic heterocycles. The zero-order valence-electron chi connectivity index (χ0n) is 67.2. The largest absolute Gasteiger partial charge is 0.472 e. The number of nitrogen functional groups attached to an aromatic ring is 1. The van der Waals surface area contributed by atoms with Gasteiger partial charge in [0, 0.05) is 75.6 Å². The predicted molar refractivity (Wildman–Crippen MR) is 426 cm³/mol. The molecule has 660 valence electrons. The number of H-pyrrole nitrogens is 2. The van der Waals surface area contributed by atoms with Crippen LogP contribution in [-0.4, -0.2) is 228 Å². The van der Waals surface area contributed by atoms with Crippen LogP contribution in [0.25, 0.3) is 11.2 Å². The molecule has 3 aliphatic heterocycles. The number of unbranched alkanes of at least 4 members (excludes halogenated alkanes) is 19. The number of quaternary nitrogens is 1. The Balaban J connectivity index is 0.931. The van der Waals surface area contributed by atoms with Gasteiger partial charge in [0.15, 0.2) is 24.2 Å². The number of nitrogens with zero attached hydrogens (tertiary/aromatic N) is 7. The number of fused-ring (bicyclic) bond motifs is 1. The van der Waals surface area contributed by atoms with E-state index in [0.717, 1.165) is 53.5 Å². The lowest BCUT2D eigenvalue weighted by atomic mass is 10.0. The number of anilines is 1. The number of aromatic nitrogens is 8. The summed E-state index contributed by atoms with van der Waals surface area (Å²) in [4.78, 5) is 150. The van der Waals surface area contributed by atoms with E-state index >= 15 is 0 Å². The van der Waals surface area contributed by atoms with Crippen molar-refractivity contribution in [1.82, 2.24) is 49.3 Å². The van der Waals surface area contributed by atoms with Gasteiger partial charge in [0.25, 0.3) is 11.1 Å². The number of aliphatic hydroxyl groups excluding tert-OH is 1. The van der Waals surface area contributed by atoms with Crippen molar-refractivity contribution in [2.24, 2.45) is 5.92 Å². The fourth-order valence-corrected chi connectivity index (χ4v) is 17.5. The zero-order valence-corrected chi connectivity index (χ0v) is 72.5. The highest BCUT2D eigenvalue weighted by molar-refractivity contribution is 8.09. The molecule has 7 rings (SSSR count). The molecule has 2 amide bonds. The number of hydrogen-bond acceptors (Lipinski definition) is 29. The van der Waals surface area contributed by atoms with Crippen LogP contribution in [0.15, 0.2) is 44.2 Å². The van der Waals surface area contributed by atoms with Gasteiger partial charge in [0.2, 0.25) is 11.8 Å². The predicted octanol–water partition coefficient (Wildman–Crippen LogP) is 7.11. The summed E-state index contributed by atoms with van der Waals surface area (Å²) < 4.78 is 132. The summed E-state index contributed by atoms with van der Waals surface area (Å²) in [5.74, 6) is -1.98. The smallest absolute Gasteiger partial charge is 0.396 e. The summed E-state index contributed by atoms with van der Waals surface area (Å²) in [5, 5.41) is 15.7. The fourth-order valence-electron chi connectivity index (χ4n) is 13.3. The van der Waals surface area contributed by atoms with Crippen LogP contribution in [0.1, 0.15) is 197 Å². The third-order valence-corrected chi connectivity index (χ3v) is 24.7. The molecule has 3 saturated heterocycles. The van der Waals surface area contributed by atoms with Crippen molar-refractivity contribution < 1.29 is 122 Å². The van der Waals surface area contributed by atoms with E-state index in [2.05, 4.69) is 42.5 Å². The van der Waals surface area contributed by atoms with Crippen molar-refractivity contribution in [2.45, 2.75) is 249 Å². The molecule has 3 aliphatic rings. The second-order valence-electron chi connectivity index (χ2n) is 30.5. The second-order valence-corrected chi connectivity index (χ2v) is 40.0. The van der Waals surface area contributed by atoms with E-state index in [4.69, 9.17) is 77.2 Å². The van der Waals surface area contributed by atoms with Gasteiger partial charge < -0.3 is 73.9 Å². The summed E-state index contributed by atoms with van der Waals surface area (Å²) in [5.41, 5.74) is 2.92. The first-order valence-electron chi connectivity index (χ1n) is 39.4. The number of hydrogen-bond donors (Lipinski definition) is 11. The maximum atomic E-state index is 14.2. The minimum absolute atomic E-state index is 0.0135. The van der Waals surface area contributed by atoms with Gasteiger partial charge in [-0.1, -0.05) is 129 Å². The molecule has 0 radical (unpaired) electrons. The van der Waals surface area contributed by atoms with Crippen LogP contribution < -0.4 is 38.9 Å². The molecular formula is C69H120N12O29P5S+. The molecule has 47 heteroatoms. The lowest BCUT2D eigenvalue weighted by Crippen LogP contribution is -2.49. The van der Waals surface area contributed by atoms with Gasteiger partial charge in [-0.25, -0.2) is 42.8 Å². The van der Waals surface area contributed by atoms with Gasteiger partial charge >= 0.3 is 42.7 Å². The number of phosphoric acid groups is 4. The van der Waals surface area contributed by atoms with Gasteiger partial charge in [-0.05, 0) is 44.9 Å². The van der Waals surface area contributed by atoms with Crippen molar-refractivity contribution in [3.8, 4) is 0 Å². The Kier molecular flexibility index (Phi) is 40.1. The highest BCUT2D eigenvalue weighted by Crippen LogP contribution is 2.54. The summed E-state index contributed by atoms with van der Waals surface area (Å²) >= 11 is 5.07. The average Bonchev–Trinajstić information content (AvgIpc) is 1.61. The minimum atomic E-state index is -5.50. The first kappa shape index (κ1) is 98.5. The van der Waals surface area contributed by atoms with Crippen molar-refractivity contribution >= 4 is 78.4 Å². The molecule has 4 aromatic rings. The third-order valence-electron chi connectivity index (χ3n) is 19.7. The SMILES string of the molecule is CCCCCCCCCCCCCCCCCCCCCC(=O)N[C@@H](COP(=O)(O)OCC[N+](C)(C)C)C(=O)NCCCCC(CO)COP(=O)(O)O[C@@H]1C[C@H](n2cc(C)c(=O)[nH]c2=O)O[C@@H]1COP(=O)(O)O[C@@H]1C[C@H](n2cc(C)c(=O)[nH]c2=O)O[C@@H]1COP(=O)(O)O[C@@H]1C(OC)[C@H](n2cnc3c(N)ncnc32)O[C@@H]1COP(C)(O)=S. The summed E-state index contributed by atoms with van der Waals surface area (Å²) in [6.07, 6.45) is 12.2. The first-order valence-corrected chi connectivity index (χ1v) is 48.5. The number of methoxy groups -OCH3 is 1. The Morgan fingerprint density at radius 2 is 1.12 bits per heavy atom. The van der Waals surface area contributed by atoms with Crippen LogP contribution in [0, 0.1) is 19.8 Å². The van der Waals surface area contributed by atoms with E-state index in [-0.39, 0.29) is 66.9 Å². The number of ether oxygens (including phenoxy) is 4. The van der Waals surface area contributed by atoms with E-state index < -0.39 is 198 Å². The number of nitrogens with one attached hydrogen (secondary N) is 4. The van der Waals surface area contributed by atoms with Crippen LogP contribution in [-0.2, 0) is 99.3 Å². The van der Waals surface area contributed by atoms with Gasteiger partial charge in [0.05, 0.1) is 60.5 Å². The number of aryl methyl sites for hydroxylation is 2. The number of likely N-dealkylation sites (N-methyl/N-ethyl adjacent to an activating group) is 1. The molecule has 7 heterocycles. The number of rotatable bonds is 57. The van der Waals surface area contributed by atoms with Crippen molar-refractivity contribution in [2.75, 3.05) is 100.0 Å². The van der Waals surface area contributed by atoms with Gasteiger partial charge in [0.1, 0.15) is 86.2 Å². The maximum absolute atomic E-state index is 14.2. The number of nitrogens with two attached hydrogens (primary N) is 1. The number of aliphatic hydroxyl groups is 1. The lowest BCUT2D eigenvalue weighted by molar-refractivity contribution is -0.870. The maximum Gasteiger partial charge on any atom is 0.472 e. The Labute approximate surface area is 678 Å². The van der Waals surface area contributed by atoms with Crippen LogP contribution >= 0.6 is 37.8 Å². The average molecular weight is 1770 g/mol. The number of imidazole rings is 1. The monoisotopic (exact) mass is 1770 g/mol. The van der Waals surface area contributed by atoms with E-state index in [1.54, 1.807) is 0 Å². The number of amides is 2. The molecule has 116 heavy (non-hydrogen) atoms. The number of phosphoric ester groups is 4. The quantitative estimate of drug-likeness (QED) is 0.0119. The molecule has 0 aliphatic carbocycles. The molecule has 0 aromatic carbocycles. The van der Waals surface area contributed by atoms with Crippen LogP contribution in [0.4, 0.5) is 5.82 Å². The normalized spacial score (nSPS) is 23.7. The number of aromatic amines is 2. The lowest BCUT2D eigenvalue weighted by Gasteiger charge is -2.27. The second kappa shape index (κ2) is 47.2. The standard InChI is InChI=1S/C69H119N12O29P5S/c1-9-10-11-12-13-14-15-16-17-18-19-20-21-22-23-24-25-26-27-31-56(83)75-50(41-102-112(90,91)99-34-33-81(4,5)6)66(86)71-32-29-28-30-49(39-82)40-101-113(92,93)108-51-35-57(78-37-47(2)64(84)76-68(78)87)105-53(51)42-103-114(94,95)109-52-36-58(79-38-48(3)65(85)77-69(79)88)106-54(52)43-104-115(96,97)110-60-55(44-100-111(8,89)116)107-67(61(60)98-7)80-46-74-59-62(70)72-45-73-63(59)80/h37-38,45-46,49-55,57-58,60-61,67,82H,9-36,39-44H2,1-8H3,(H10-,70,71,72,73,75,76,77,83,84,85,86,87,88,89,90,91,92,93,94,95,96,97,116)/p+1/t49?,50-,51+,52+,53+,54+,55+,57+,58+,60-,61?,67+,111?/m0/s1. The third kappa shape index (κ3) is 33.3. The van der Waals surface area contributed by atoms with Crippen LogP contribution in [0.3, 0.4) is 0 Å². The molecule has 12 N–H and O–H groups in total. The molecule has 0 bridgehead atoms. The van der Waals surface area contributed by atoms with Crippen molar-refractivity contribution in [3.05, 3.63) is 77.9 Å². The number of carbonyl (C=O) groups is 2. The highest BCUT2D eigenvalue weighted by atomic mass is 32.5. The molecule has 0 saturated carbocycles. The summed E-state index contributed by atoms with van der Waals surface area (Å²) in [7, 11) is -14.0. The van der Waals surface area contributed by atoms with Crippen LogP contribution in [0.2, 0.25) is 0 Å². The van der Waals surface area contributed by atoms with Gasteiger partial charge in [-0.15, -0.1) is 0 Å². The van der Waals surface area contributed by atoms with E-state index in [9.17, 15) is 76.6 Å². The molecule has 0 spiro atoms. The van der Waals surface area contributed by atoms with E-state index in [0.29, 0.717) is 17.4 Å². The van der Waals surface area contributed by atoms with E-state index in [1.807, 2.05) is 21.1 Å². The summed E-state index contributed by atoms with van der Waals surface area (Å²) in [6, 6.07) is -1.39. The Morgan fingerprint density at radius 1 is 0.629 bits per heavy atom. The Morgan fingerprint density at radius 3 is 1.62 bits per heavy atom. The van der Waals surface area contributed by atoms with Gasteiger partial charge in [-0.3, -0.25) is 79.0 Å². The molecular weight excluding hydrogens is 1650 g/mol. The first-order chi connectivity index (χ1) is 54.8. The highest BCUT2D eigenvalue weighted by Gasteiger charge is 2.52. The Bertz CT molecular complexity index is 4260. The summed E-state index contributed by atoms with van der Waals surface area (Å²) in [6.45, 7) is -1.34. The van der Waals surface area contributed by atoms with Crippen LogP contribution in [0.5, 0.6) is 0 Å². The molecule has 7 unspecified atom stereocenters. The van der Waals surface area contributed by atoms with Crippen molar-refractivity contribution in [3.63, 3.8) is 0 Å². The minimum Gasteiger partial charge on any atom is -0.396 e. The van der Waals surface area contributed by atoms with Gasteiger partial charge in [-0.2, -0.15) is 0 Å². The van der Waals surface area contributed by atoms with Crippen molar-refractivity contribution in [1.29, 1.82) is 0 Å². The Hall–Kier alpha value is -4.58. The molecule has 41 nitrogen and oxygen atoms in total. The molecule has 3 fully saturated rings. The zero-order chi connectivity index (χ0) is 85.0. The molecule has 17 atom stereocenters.